The second-order valence-electron chi connectivity index (χ2n) is 11.4. The molecule has 0 unspecified atom stereocenters. The third kappa shape index (κ3) is 6.82. The Morgan fingerprint density at radius 1 is 0.936 bits per heavy atom. The number of alkyl halides is 6. The molecule has 16 heteroatoms. The number of amides is 1. The molecule has 4 heterocycles. The summed E-state index contributed by atoms with van der Waals surface area (Å²) in [5.74, 6) is 0.922. The van der Waals surface area contributed by atoms with Gasteiger partial charge in [-0.3, -0.25) is 4.90 Å². The molecule has 10 nitrogen and oxygen atoms in total. The SMILES string of the molecule is CC[C@@H]1C[C@H](Nc2ncc(N3CCOCC3)c(Cc3cc(C(F)(F)F)cc(C(F)(F)F)c3)n2)c2cc3c(cc2N1C(=O)O)OCCO3. The molecular formula is C31H31F6N5O5. The third-order valence-corrected chi connectivity index (χ3v) is 8.40. The molecule has 2 N–H and O–H groups in total. The Labute approximate surface area is 265 Å². The van der Waals surface area contributed by atoms with Crippen molar-refractivity contribution in [2.75, 3.05) is 54.6 Å². The molecular weight excluding hydrogens is 636 g/mol. The van der Waals surface area contributed by atoms with E-state index in [1.807, 2.05) is 11.8 Å². The highest BCUT2D eigenvalue weighted by Crippen LogP contribution is 2.46. The predicted molar refractivity (Wildman–Crippen MR) is 157 cm³/mol. The van der Waals surface area contributed by atoms with Crippen molar-refractivity contribution in [2.45, 2.75) is 50.6 Å². The van der Waals surface area contributed by atoms with Crippen molar-refractivity contribution in [1.29, 1.82) is 0 Å². The molecule has 252 valence electrons. The molecule has 0 bridgehead atoms. The van der Waals surface area contributed by atoms with E-state index in [0.29, 0.717) is 92.9 Å². The van der Waals surface area contributed by atoms with Crippen LogP contribution in [0.25, 0.3) is 0 Å². The molecule has 47 heavy (non-hydrogen) atoms. The van der Waals surface area contributed by atoms with Crippen molar-refractivity contribution in [3.05, 3.63) is 64.5 Å². The monoisotopic (exact) mass is 667 g/mol. The second kappa shape index (κ2) is 12.6. The van der Waals surface area contributed by atoms with Crippen LogP contribution in [0.2, 0.25) is 0 Å². The van der Waals surface area contributed by atoms with Crippen LogP contribution in [-0.2, 0) is 23.5 Å². The summed E-state index contributed by atoms with van der Waals surface area (Å²) in [6.07, 6.45) is -9.18. The third-order valence-electron chi connectivity index (χ3n) is 8.40. The van der Waals surface area contributed by atoms with Gasteiger partial charge in [-0.15, -0.1) is 0 Å². The minimum absolute atomic E-state index is 0.0736. The predicted octanol–water partition coefficient (Wildman–Crippen LogP) is 6.53. The number of carboxylic acid groups (broad SMARTS) is 1. The zero-order chi connectivity index (χ0) is 33.5. The van der Waals surface area contributed by atoms with Gasteiger partial charge in [0.15, 0.2) is 11.5 Å². The lowest BCUT2D eigenvalue weighted by Gasteiger charge is -2.40. The highest BCUT2D eigenvalue weighted by Gasteiger charge is 2.39. The first kappa shape index (κ1) is 32.5. The van der Waals surface area contributed by atoms with Gasteiger partial charge < -0.3 is 29.5 Å². The highest BCUT2D eigenvalue weighted by molar-refractivity contribution is 5.90. The highest BCUT2D eigenvalue weighted by atomic mass is 19.4. The molecule has 2 atom stereocenters. The van der Waals surface area contributed by atoms with Crippen LogP contribution in [0.4, 0.5) is 48.5 Å². The van der Waals surface area contributed by atoms with E-state index in [1.54, 1.807) is 12.1 Å². The average molecular weight is 668 g/mol. The quantitative estimate of drug-likeness (QED) is 0.284. The minimum Gasteiger partial charge on any atom is -0.486 e. The lowest BCUT2D eigenvalue weighted by atomic mass is 9.89. The number of morpholine rings is 1. The van der Waals surface area contributed by atoms with Gasteiger partial charge in [0, 0.05) is 37.2 Å². The van der Waals surface area contributed by atoms with Crippen LogP contribution >= 0.6 is 0 Å². The van der Waals surface area contributed by atoms with Crippen LogP contribution in [0, 0.1) is 0 Å². The van der Waals surface area contributed by atoms with E-state index < -0.39 is 41.7 Å². The fraction of sp³-hybridized carbons (Fsp3) is 0.452. The van der Waals surface area contributed by atoms with Crippen molar-refractivity contribution in [3.8, 4) is 11.5 Å². The number of nitrogens with one attached hydrogen (secondary N) is 1. The molecule has 6 rings (SSSR count). The Morgan fingerprint density at radius 3 is 2.17 bits per heavy atom. The van der Waals surface area contributed by atoms with Crippen LogP contribution in [0.5, 0.6) is 11.5 Å². The fourth-order valence-corrected chi connectivity index (χ4v) is 6.18. The number of aromatic nitrogens is 2. The first-order valence-corrected chi connectivity index (χ1v) is 15.0. The smallest absolute Gasteiger partial charge is 0.416 e. The van der Waals surface area contributed by atoms with Crippen molar-refractivity contribution < 1.29 is 50.5 Å². The Hall–Kier alpha value is -4.47. The molecule has 3 aliphatic heterocycles. The van der Waals surface area contributed by atoms with Crippen molar-refractivity contribution in [3.63, 3.8) is 0 Å². The number of benzene rings is 2. The van der Waals surface area contributed by atoms with Gasteiger partial charge in [0.25, 0.3) is 0 Å². The molecule has 0 radical (unpaired) electrons. The molecule has 0 saturated carbocycles. The summed E-state index contributed by atoms with van der Waals surface area (Å²) in [4.78, 5) is 24.6. The number of nitrogens with zero attached hydrogens (tertiary/aromatic N) is 4. The van der Waals surface area contributed by atoms with Gasteiger partial charge in [-0.25, -0.2) is 14.8 Å². The number of carbonyl (C=O) groups is 1. The van der Waals surface area contributed by atoms with Crippen LogP contribution in [-0.4, -0.2) is 66.7 Å². The second-order valence-corrected chi connectivity index (χ2v) is 11.4. The number of halogens is 6. The number of hydrogen-bond donors (Lipinski definition) is 2. The normalized spacial score (nSPS) is 19.7. The Bertz CT molecular complexity index is 1610. The summed E-state index contributed by atoms with van der Waals surface area (Å²) in [5, 5.41) is 13.3. The van der Waals surface area contributed by atoms with Gasteiger partial charge in [-0.2, -0.15) is 26.3 Å². The van der Waals surface area contributed by atoms with Crippen LogP contribution < -0.4 is 24.6 Å². The first-order chi connectivity index (χ1) is 22.3. The van der Waals surface area contributed by atoms with Crippen LogP contribution in [0.3, 0.4) is 0 Å². The van der Waals surface area contributed by atoms with E-state index in [2.05, 4.69) is 15.3 Å². The van der Waals surface area contributed by atoms with E-state index in [-0.39, 0.29) is 29.7 Å². The van der Waals surface area contributed by atoms with Gasteiger partial charge >= 0.3 is 18.4 Å². The largest absolute Gasteiger partial charge is 0.486 e. The molecule has 0 aliphatic carbocycles. The Balaban J connectivity index is 1.40. The van der Waals surface area contributed by atoms with E-state index in [9.17, 15) is 36.2 Å². The summed E-state index contributed by atoms with van der Waals surface area (Å²) < 4.78 is 98.8. The van der Waals surface area contributed by atoms with Crippen molar-refractivity contribution >= 4 is 23.4 Å². The average Bonchev–Trinajstić information content (AvgIpc) is 3.03. The molecule has 1 fully saturated rings. The molecule has 3 aromatic rings. The standard InChI is InChI=1S/C31H31F6N5O5/c1-2-20-13-22(21-14-26-27(47-8-7-46-26)15-24(21)42(20)29(43)44)39-28-38-16-25(41-3-5-45-6-4-41)23(40-28)11-17-9-18(30(32,33)34)12-19(10-17)31(35,36)37/h9-10,12,14-16,20,22H,2-8,11,13H2,1H3,(H,43,44)(H,38,39,40)/t20-,22+/m1/s1. The van der Waals surface area contributed by atoms with E-state index in [0.717, 1.165) is 0 Å². The van der Waals surface area contributed by atoms with Crippen molar-refractivity contribution in [1.82, 2.24) is 9.97 Å². The molecule has 1 saturated heterocycles. The number of ether oxygens (including phenoxy) is 3. The fourth-order valence-electron chi connectivity index (χ4n) is 6.18. The minimum atomic E-state index is -5.00. The Kier molecular flexibility index (Phi) is 8.72. The van der Waals surface area contributed by atoms with Crippen LogP contribution in [0.15, 0.2) is 36.5 Å². The number of fused-ring (bicyclic) bond motifs is 2. The molecule has 1 aromatic heterocycles. The Morgan fingerprint density at radius 2 is 1.57 bits per heavy atom. The number of rotatable bonds is 6. The van der Waals surface area contributed by atoms with Crippen LogP contribution in [0.1, 0.15) is 53.8 Å². The number of anilines is 3. The molecule has 3 aliphatic rings. The number of hydrogen-bond acceptors (Lipinski definition) is 8. The maximum absolute atomic E-state index is 13.7. The lowest BCUT2D eigenvalue weighted by Crippen LogP contribution is -2.45. The van der Waals surface area contributed by atoms with Gasteiger partial charge in [-0.05, 0) is 42.7 Å². The summed E-state index contributed by atoms with van der Waals surface area (Å²) >= 11 is 0. The summed E-state index contributed by atoms with van der Waals surface area (Å²) in [6, 6.07) is 3.86. The summed E-state index contributed by atoms with van der Waals surface area (Å²) in [5.41, 5.74) is -1.40. The van der Waals surface area contributed by atoms with Gasteiger partial charge in [0.1, 0.15) is 13.2 Å². The maximum atomic E-state index is 13.7. The molecule has 0 spiro atoms. The van der Waals surface area contributed by atoms with Gasteiger partial charge in [0.05, 0.1) is 53.6 Å². The van der Waals surface area contributed by atoms with Gasteiger partial charge in [-0.1, -0.05) is 6.92 Å². The van der Waals surface area contributed by atoms with Gasteiger partial charge in [0.2, 0.25) is 5.95 Å². The van der Waals surface area contributed by atoms with E-state index in [4.69, 9.17) is 14.2 Å². The first-order valence-electron chi connectivity index (χ1n) is 15.0. The van der Waals surface area contributed by atoms with Crippen molar-refractivity contribution in [2.24, 2.45) is 0 Å². The zero-order valence-corrected chi connectivity index (χ0v) is 25.1. The summed E-state index contributed by atoms with van der Waals surface area (Å²) in [7, 11) is 0. The zero-order valence-electron chi connectivity index (χ0n) is 25.1. The maximum Gasteiger partial charge on any atom is 0.416 e. The lowest BCUT2D eigenvalue weighted by molar-refractivity contribution is -0.143. The summed E-state index contributed by atoms with van der Waals surface area (Å²) in [6.45, 7) is 4.06. The van der Waals surface area contributed by atoms with E-state index in [1.165, 1.54) is 11.1 Å². The molecule has 2 aromatic carbocycles. The van der Waals surface area contributed by atoms with E-state index >= 15 is 0 Å². The molecule has 1 amide bonds. The topological polar surface area (TPSA) is 109 Å².